The number of esters is 1. The lowest BCUT2D eigenvalue weighted by atomic mass is 10.0. The topological polar surface area (TPSA) is 82.8 Å². The van der Waals surface area contributed by atoms with Gasteiger partial charge in [0.15, 0.2) is 17.2 Å². The fourth-order valence-electron chi connectivity index (χ4n) is 4.36. The van der Waals surface area contributed by atoms with Gasteiger partial charge in [0.25, 0.3) is 0 Å². The van der Waals surface area contributed by atoms with Gasteiger partial charge in [-0.3, -0.25) is 0 Å². The first-order chi connectivity index (χ1) is 17.5. The highest BCUT2D eigenvalue weighted by atomic mass is 79.9. The van der Waals surface area contributed by atoms with E-state index >= 15 is 0 Å². The molecule has 0 radical (unpaired) electrons. The number of fused-ring (bicyclic) bond motifs is 1. The van der Waals surface area contributed by atoms with Gasteiger partial charge in [0, 0.05) is 11.4 Å². The summed E-state index contributed by atoms with van der Waals surface area (Å²) in [7, 11) is 0. The molecule has 1 aliphatic heterocycles. The van der Waals surface area contributed by atoms with Crippen LogP contribution in [0.2, 0.25) is 5.02 Å². The molecule has 0 aliphatic carbocycles. The molecule has 9 heteroatoms. The van der Waals surface area contributed by atoms with Gasteiger partial charge >= 0.3 is 5.97 Å². The lowest BCUT2D eigenvalue weighted by molar-refractivity contribution is 0.0516. The predicted octanol–water partition coefficient (Wildman–Crippen LogP) is 6.63. The van der Waals surface area contributed by atoms with E-state index in [9.17, 15) is 9.90 Å². The number of ether oxygens (including phenoxy) is 3. The average molecular weight is 570 g/mol. The van der Waals surface area contributed by atoms with Crippen molar-refractivity contribution >= 4 is 44.4 Å². The molecule has 1 atom stereocenters. The molecule has 4 aromatic rings. The van der Waals surface area contributed by atoms with Gasteiger partial charge in [-0.1, -0.05) is 54.1 Å². The minimum atomic E-state index is -0.694. The van der Waals surface area contributed by atoms with E-state index in [1.165, 1.54) is 0 Å². The number of carbonyl (C=O) groups is 1. The van der Waals surface area contributed by atoms with Gasteiger partial charge in [-0.2, -0.15) is 0 Å². The van der Waals surface area contributed by atoms with E-state index in [2.05, 4.69) is 20.9 Å². The van der Waals surface area contributed by atoms with Gasteiger partial charge in [-0.25, -0.2) is 9.78 Å². The largest absolute Gasteiger partial charge is 0.505 e. The molecular formula is C27H22BrClN2O5. The molecule has 1 aliphatic rings. The van der Waals surface area contributed by atoms with Crippen molar-refractivity contribution in [3.8, 4) is 17.0 Å². The fourth-order valence-corrected chi connectivity index (χ4v) is 5.30. The maximum Gasteiger partial charge on any atom is 0.360 e. The Labute approximate surface area is 221 Å². The number of carbonyl (C=O) groups excluding carboxylic acids is 1. The minimum Gasteiger partial charge on any atom is -0.505 e. The van der Waals surface area contributed by atoms with Crippen molar-refractivity contribution in [2.24, 2.45) is 0 Å². The molecule has 3 heterocycles. The first kappa shape index (κ1) is 24.2. The van der Waals surface area contributed by atoms with E-state index < -0.39 is 5.97 Å². The van der Waals surface area contributed by atoms with E-state index in [-0.39, 0.29) is 30.9 Å². The second-order valence-electron chi connectivity index (χ2n) is 8.13. The zero-order valence-electron chi connectivity index (χ0n) is 19.3. The van der Waals surface area contributed by atoms with Crippen molar-refractivity contribution in [2.75, 3.05) is 13.4 Å². The van der Waals surface area contributed by atoms with E-state index in [0.29, 0.717) is 32.6 Å². The van der Waals surface area contributed by atoms with E-state index in [0.717, 1.165) is 16.8 Å². The number of hydrogen-bond acceptors (Lipinski definition) is 6. The quantitative estimate of drug-likeness (QED) is 0.252. The van der Waals surface area contributed by atoms with Crippen LogP contribution in [-0.2, 0) is 20.6 Å². The molecule has 0 bridgehead atoms. The summed E-state index contributed by atoms with van der Waals surface area (Å²) in [6.45, 7) is 1.98. The smallest absolute Gasteiger partial charge is 0.360 e. The Balaban J connectivity index is 1.79. The van der Waals surface area contributed by atoms with Crippen LogP contribution in [0, 0.1) is 0 Å². The first-order valence-electron chi connectivity index (χ1n) is 11.3. The third kappa shape index (κ3) is 4.42. The second-order valence-corrected chi connectivity index (χ2v) is 9.36. The standard InChI is InChI=1S/C27H22BrClN2O5/c1-2-35-27(33)24-26(32)22-20(13-30-24)31(25(23(22)28)17-8-10-18(29)11-9-17)19(21-14-34-15-36-21)12-16-6-4-3-5-7-16/h3-11,13-14,19,32H,2,12,15H2,1H3. The fraction of sp³-hybridized carbons (Fsp3) is 0.185. The minimum absolute atomic E-state index is 0.119. The molecule has 2 aromatic carbocycles. The summed E-state index contributed by atoms with van der Waals surface area (Å²) < 4.78 is 19.0. The normalized spacial score (nSPS) is 13.7. The molecule has 2 aromatic heterocycles. The molecule has 0 spiro atoms. The number of nitrogens with zero attached hydrogens (tertiary/aromatic N) is 2. The molecular weight excluding hydrogens is 548 g/mol. The van der Waals surface area contributed by atoms with Crippen LogP contribution in [0.4, 0.5) is 0 Å². The van der Waals surface area contributed by atoms with Gasteiger partial charge in [-0.15, -0.1) is 0 Å². The zero-order chi connectivity index (χ0) is 25.2. The number of pyridine rings is 1. The van der Waals surface area contributed by atoms with Crippen LogP contribution in [0.25, 0.3) is 22.2 Å². The van der Waals surface area contributed by atoms with Gasteiger partial charge in [0.1, 0.15) is 6.26 Å². The molecule has 0 fully saturated rings. The van der Waals surface area contributed by atoms with Gasteiger partial charge in [0.2, 0.25) is 6.79 Å². The second kappa shape index (κ2) is 10.2. The lowest BCUT2D eigenvalue weighted by Gasteiger charge is -2.23. The van der Waals surface area contributed by atoms with Crippen LogP contribution in [0.5, 0.6) is 5.75 Å². The summed E-state index contributed by atoms with van der Waals surface area (Å²) in [4.78, 5) is 16.8. The van der Waals surface area contributed by atoms with Crippen molar-refractivity contribution in [3.05, 3.63) is 93.6 Å². The number of aromatic hydroxyl groups is 1. The summed E-state index contributed by atoms with van der Waals surface area (Å²) in [6.07, 6.45) is 3.76. The van der Waals surface area contributed by atoms with E-state index in [1.54, 1.807) is 31.5 Å². The molecule has 5 rings (SSSR count). The Morgan fingerprint density at radius 2 is 1.97 bits per heavy atom. The highest BCUT2D eigenvalue weighted by molar-refractivity contribution is 9.10. The lowest BCUT2D eigenvalue weighted by Crippen LogP contribution is -2.17. The Morgan fingerprint density at radius 3 is 2.64 bits per heavy atom. The average Bonchev–Trinajstić information content (AvgIpc) is 3.51. The molecule has 0 saturated heterocycles. The monoisotopic (exact) mass is 568 g/mol. The zero-order valence-corrected chi connectivity index (χ0v) is 21.6. The summed E-state index contributed by atoms with van der Waals surface area (Å²) in [5.41, 5.74) is 3.15. The maximum absolute atomic E-state index is 12.5. The summed E-state index contributed by atoms with van der Waals surface area (Å²) in [5.74, 6) is -0.323. The van der Waals surface area contributed by atoms with Crippen molar-refractivity contribution < 1.29 is 24.1 Å². The van der Waals surface area contributed by atoms with Crippen LogP contribution in [0.3, 0.4) is 0 Å². The summed E-state index contributed by atoms with van der Waals surface area (Å²) in [5, 5.41) is 12.2. The predicted molar refractivity (Wildman–Crippen MR) is 140 cm³/mol. The van der Waals surface area contributed by atoms with Crippen molar-refractivity contribution in [1.82, 2.24) is 9.55 Å². The Kier molecular flexibility index (Phi) is 6.89. The van der Waals surface area contributed by atoms with Crippen molar-refractivity contribution in [3.63, 3.8) is 0 Å². The SMILES string of the molecule is CCOC(=O)c1ncc2c(c1O)c(Br)c(-c1ccc(Cl)cc1)n2C(Cc1ccccc1)C1=COCO1. The number of benzene rings is 2. The summed E-state index contributed by atoms with van der Waals surface area (Å²) >= 11 is 9.88. The van der Waals surface area contributed by atoms with Crippen molar-refractivity contribution in [1.29, 1.82) is 0 Å². The van der Waals surface area contributed by atoms with Crippen LogP contribution in [0.1, 0.15) is 29.0 Å². The Morgan fingerprint density at radius 1 is 1.22 bits per heavy atom. The van der Waals surface area contributed by atoms with Crippen molar-refractivity contribution in [2.45, 2.75) is 19.4 Å². The van der Waals surface area contributed by atoms with Gasteiger partial charge in [-0.05, 0) is 46.1 Å². The number of allylic oxidation sites excluding steroid dienone is 1. The van der Waals surface area contributed by atoms with E-state index in [4.69, 9.17) is 25.8 Å². The molecule has 0 saturated carbocycles. The number of halogens is 2. The van der Waals surface area contributed by atoms with Crippen LogP contribution < -0.4 is 0 Å². The van der Waals surface area contributed by atoms with E-state index in [1.807, 2.05) is 47.0 Å². The molecule has 7 nitrogen and oxygen atoms in total. The molecule has 0 amide bonds. The molecule has 36 heavy (non-hydrogen) atoms. The highest BCUT2D eigenvalue weighted by Crippen LogP contribution is 2.46. The highest BCUT2D eigenvalue weighted by Gasteiger charge is 2.31. The van der Waals surface area contributed by atoms with Crippen LogP contribution >= 0.6 is 27.5 Å². The maximum atomic E-state index is 12.5. The first-order valence-corrected chi connectivity index (χ1v) is 12.5. The third-order valence-corrected chi connectivity index (χ3v) is 6.98. The number of rotatable bonds is 7. The third-order valence-electron chi connectivity index (χ3n) is 5.95. The molecule has 184 valence electrons. The van der Waals surface area contributed by atoms with Crippen LogP contribution in [0.15, 0.2) is 77.3 Å². The van der Waals surface area contributed by atoms with Gasteiger partial charge < -0.3 is 23.9 Å². The Hall–Kier alpha value is -3.49. The van der Waals surface area contributed by atoms with Crippen LogP contribution in [-0.4, -0.2) is 34.0 Å². The van der Waals surface area contributed by atoms with Gasteiger partial charge in [0.05, 0.1) is 39.9 Å². The number of aromatic nitrogens is 2. The molecule has 1 unspecified atom stereocenters. The molecule has 1 N–H and O–H groups in total. The Bertz CT molecular complexity index is 1450. The number of hydrogen-bond donors (Lipinski definition) is 1. The summed E-state index contributed by atoms with van der Waals surface area (Å²) in [6, 6.07) is 17.1.